The molecule has 0 fully saturated rings. The van der Waals surface area contributed by atoms with Crippen LogP contribution in [0.4, 0.5) is 14.9 Å². The van der Waals surface area contributed by atoms with E-state index in [2.05, 4.69) is 21.3 Å². The third-order valence-corrected chi connectivity index (χ3v) is 2.92. The molecule has 0 aliphatic heterocycles. The first kappa shape index (κ1) is 18.4. The van der Waals surface area contributed by atoms with Crippen molar-refractivity contribution in [3.05, 3.63) is 29.6 Å². The van der Waals surface area contributed by atoms with E-state index in [-0.39, 0.29) is 17.2 Å². The van der Waals surface area contributed by atoms with Crippen molar-refractivity contribution in [3.63, 3.8) is 0 Å². The molecule has 0 heterocycles. The van der Waals surface area contributed by atoms with Crippen molar-refractivity contribution >= 4 is 23.5 Å². The maximum Gasteiger partial charge on any atom is 0.319 e. The minimum absolute atomic E-state index is 0.0246. The van der Waals surface area contributed by atoms with E-state index in [0.717, 1.165) is 6.07 Å². The molecule has 0 bridgehead atoms. The molecule has 0 spiro atoms. The lowest BCUT2D eigenvalue weighted by Gasteiger charge is -2.16. The summed E-state index contributed by atoms with van der Waals surface area (Å²) < 4.78 is 14.0. The Kier molecular flexibility index (Phi) is 6.98. The van der Waals surface area contributed by atoms with E-state index in [1.807, 2.05) is 0 Å². The molecule has 1 aromatic rings. The van der Waals surface area contributed by atoms with Gasteiger partial charge in [-0.25, -0.2) is 9.18 Å². The van der Waals surface area contributed by atoms with Crippen LogP contribution in [-0.2, 0) is 4.79 Å². The zero-order valence-corrected chi connectivity index (χ0v) is 13.3. The van der Waals surface area contributed by atoms with Crippen molar-refractivity contribution < 1.29 is 18.8 Å². The Balaban J connectivity index is 2.95. The second-order valence-corrected chi connectivity index (χ2v) is 4.74. The summed E-state index contributed by atoms with van der Waals surface area (Å²) in [5, 5.41) is 9.85. The lowest BCUT2D eigenvalue weighted by molar-refractivity contribution is -0.122. The van der Waals surface area contributed by atoms with E-state index in [0.29, 0.717) is 13.1 Å². The molecular weight excluding hydrogens is 303 g/mol. The molecule has 1 rings (SSSR count). The SMILES string of the molecule is CCNC(=O)Nc1cccc(F)c1C(=O)NC(C)C(=O)NCC. The van der Waals surface area contributed by atoms with Crippen molar-refractivity contribution in [1.29, 1.82) is 0 Å². The Morgan fingerprint density at radius 3 is 2.39 bits per heavy atom. The van der Waals surface area contributed by atoms with Gasteiger partial charge in [0, 0.05) is 13.1 Å². The summed E-state index contributed by atoms with van der Waals surface area (Å²) in [7, 11) is 0. The fraction of sp³-hybridized carbons (Fsp3) is 0.400. The number of halogens is 1. The lowest BCUT2D eigenvalue weighted by Crippen LogP contribution is -2.45. The number of amides is 4. The van der Waals surface area contributed by atoms with Crippen LogP contribution in [0.3, 0.4) is 0 Å². The Morgan fingerprint density at radius 1 is 1.13 bits per heavy atom. The first-order chi connectivity index (χ1) is 10.9. The van der Waals surface area contributed by atoms with E-state index in [1.54, 1.807) is 13.8 Å². The number of hydrogen-bond donors (Lipinski definition) is 4. The first-order valence-corrected chi connectivity index (χ1v) is 7.32. The van der Waals surface area contributed by atoms with Gasteiger partial charge < -0.3 is 21.3 Å². The van der Waals surface area contributed by atoms with Crippen LogP contribution in [0.25, 0.3) is 0 Å². The van der Waals surface area contributed by atoms with Crippen LogP contribution >= 0.6 is 0 Å². The van der Waals surface area contributed by atoms with Crippen molar-refractivity contribution in [2.75, 3.05) is 18.4 Å². The van der Waals surface area contributed by atoms with Crippen LogP contribution in [0.15, 0.2) is 18.2 Å². The van der Waals surface area contributed by atoms with Crippen LogP contribution in [0.2, 0.25) is 0 Å². The Hall–Kier alpha value is -2.64. The van der Waals surface area contributed by atoms with E-state index in [4.69, 9.17) is 0 Å². The van der Waals surface area contributed by atoms with Crippen LogP contribution in [0.1, 0.15) is 31.1 Å². The molecule has 8 heteroatoms. The highest BCUT2D eigenvalue weighted by molar-refractivity contribution is 6.05. The standard InChI is InChI=1S/C15H21FN4O3/c1-4-17-13(21)9(3)19-14(22)12-10(16)7-6-8-11(12)20-15(23)18-5-2/h6-9H,4-5H2,1-3H3,(H,17,21)(H,19,22)(H2,18,20,23). The molecule has 0 aliphatic carbocycles. The summed E-state index contributed by atoms with van der Waals surface area (Å²) in [5.74, 6) is -1.95. The quantitative estimate of drug-likeness (QED) is 0.633. The van der Waals surface area contributed by atoms with Gasteiger partial charge in [0.15, 0.2) is 0 Å². The molecule has 4 N–H and O–H groups in total. The molecule has 4 amide bonds. The number of nitrogens with one attached hydrogen (secondary N) is 4. The zero-order valence-electron chi connectivity index (χ0n) is 13.3. The minimum atomic E-state index is -0.834. The molecule has 1 unspecified atom stereocenters. The molecular formula is C15H21FN4O3. The summed E-state index contributed by atoms with van der Waals surface area (Å²) >= 11 is 0. The minimum Gasteiger partial charge on any atom is -0.355 e. The highest BCUT2D eigenvalue weighted by Crippen LogP contribution is 2.19. The summed E-state index contributed by atoms with van der Waals surface area (Å²) in [6, 6.07) is 2.50. The van der Waals surface area contributed by atoms with Crippen molar-refractivity contribution in [2.45, 2.75) is 26.8 Å². The maximum absolute atomic E-state index is 14.0. The average molecular weight is 324 g/mol. The average Bonchev–Trinajstić information content (AvgIpc) is 2.47. The molecule has 126 valence electrons. The van der Waals surface area contributed by atoms with E-state index >= 15 is 0 Å². The Morgan fingerprint density at radius 2 is 1.78 bits per heavy atom. The van der Waals surface area contributed by atoms with Gasteiger partial charge in [-0.2, -0.15) is 0 Å². The van der Waals surface area contributed by atoms with Gasteiger partial charge in [-0.15, -0.1) is 0 Å². The fourth-order valence-corrected chi connectivity index (χ4v) is 1.85. The summed E-state index contributed by atoms with van der Waals surface area (Å²) in [6.45, 7) is 5.77. The predicted octanol–water partition coefficient (Wildman–Crippen LogP) is 1.22. The zero-order chi connectivity index (χ0) is 17.4. The third kappa shape index (κ3) is 5.24. The molecule has 0 aliphatic rings. The number of benzene rings is 1. The number of rotatable bonds is 6. The normalized spacial score (nSPS) is 11.3. The summed E-state index contributed by atoms with van der Waals surface area (Å²) in [6.07, 6.45) is 0. The lowest BCUT2D eigenvalue weighted by atomic mass is 10.1. The molecule has 1 atom stereocenters. The molecule has 0 saturated heterocycles. The molecule has 0 radical (unpaired) electrons. The van der Waals surface area contributed by atoms with Crippen LogP contribution in [0, 0.1) is 5.82 Å². The Labute approximate surface area is 134 Å². The highest BCUT2D eigenvalue weighted by atomic mass is 19.1. The molecule has 0 aromatic heterocycles. The van der Waals surface area contributed by atoms with Gasteiger partial charge >= 0.3 is 6.03 Å². The smallest absolute Gasteiger partial charge is 0.319 e. The number of likely N-dealkylation sites (N-methyl/N-ethyl adjacent to an activating group) is 1. The van der Waals surface area contributed by atoms with Crippen LogP contribution in [0.5, 0.6) is 0 Å². The monoisotopic (exact) mass is 324 g/mol. The summed E-state index contributed by atoms with van der Waals surface area (Å²) in [5.41, 5.74) is -0.300. The fourth-order valence-electron chi connectivity index (χ4n) is 1.85. The van der Waals surface area contributed by atoms with E-state index < -0.39 is 23.8 Å². The molecule has 0 saturated carbocycles. The predicted molar refractivity (Wildman–Crippen MR) is 84.7 cm³/mol. The van der Waals surface area contributed by atoms with E-state index in [9.17, 15) is 18.8 Å². The van der Waals surface area contributed by atoms with Crippen LogP contribution in [-0.4, -0.2) is 37.0 Å². The second kappa shape index (κ2) is 8.72. The molecule has 23 heavy (non-hydrogen) atoms. The number of carbonyl (C=O) groups is 3. The third-order valence-electron chi connectivity index (χ3n) is 2.92. The highest BCUT2D eigenvalue weighted by Gasteiger charge is 2.22. The summed E-state index contributed by atoms with van der Waals surface area (Å²) in [4.78, 5) is 35.5. The van der Waals surface area contributed by atoms with Crippen LogP contribution < -0.4 is 21.3 Å². The Bertz CT molecular complexity index is 592. The molecule has 1 aromatic carbocycles. The molecule has 7 nitrogen and oxygen atoms in total. The van der Waals surface area contributed by atoms with Gasteiger partial charge in [0.05, 0.1) is 11.3 Å². The van der Waals surface area contributed by atoms with Gasteiger partial charge in [0.25, 0.3) is 5.91 Å². The van der Waals surface area contributed by atoms with Crippen molar-refractivity contribution in [1.82, 2.24) is 16.0 Å². The first-order valence-electron chi connectivity index (χ1n) is 7.32. The van der Waals surface area contributed by atoms with Crippen molar-refractivity contribution in [3.8, 4) is 0 Å². The van der Waals surface area contributed by atoms with Gasteiger partial charge in [-0.3, -0.25) is 9.59 Å². The maximum atomic E-state index is 14.0. The van der Waals surface area contributed by atoms with Crippen molar-refractivity contribution in [2.24, 2.45) is 0 Å². The number of urea groups is 1. The van der Waals surface area contributed by atoms with Gasteiger partial charge in [-0.1, -0.05) is 6.07 Å². The van der Waals surface area contributed by atoms with E-state index in [1.165, 1.54) is 19.1 Å². The number of hydrogen-bond acceptors (Lipinski definition) is 3. The number of carbonyl (C=O) groups excluding carboxylic acids is 3. The van der Waals surface area contributed by atoms with Gasteiger partial charge in [-0.05, 0) is 32.9 Å². The second-order valence-electron chi connectivity index (χ2n) is 4.74. The van der Waals surface area contributed by atoms with Gasteiger partial charge in [0.2, 0.25) is 5.91 Å². The number of anilines is 1. The topological polar surface area (TPSA) is 99.3 Å². The largest absolute Gasteiger partial charge is 0.355 e. The van der Waals surface area contributed by atoms with Gasteiger partial charge in [0.1, 0.15) is 11.9 Å².